The minimum absolute atomic E-state index is 0.0149. The largest absolute Gasteiger partial charge is 0.271 e. The van der Waals surface area contributed by atoms with E-state index in [9.17, 15) is 0 Å². The monoisotopic (exact) mass is 250 g/mol. The molecule has 4 nitrogen and oxygen atoms in total. The van der Waals surface area contributed by atoms with Gasteiger partial charge in [-0.15, -0.1) is 11.3 Å². The van der Waals surface area contributed by atoms with E-state index in [1.807, 2.05) is 11.6 Å². The Balaban J connectivity index is 2.41. The quantitative estimate of drug-likeness (QED) is 0.645. The lowest BCUT2D eigenvalue weighted by molar-refractivity contribution is 0.543. The van der Waals surface area contributed by atoms with Crippen LogP contribution in [-0.2, 0) is 6.54 Å². The van der Waals surface area contributed by atoms with Crippen molar-refractivity contribution in [1.29, 1.82) is 0 Å². The zero-order chi connectivity index (χ0) is 12.4. The molecule has 0 spiro atoms. The van der Waals surface area contributed by atoms with Crippen LogP contribution in [-0.4, -0.2) is 9.78 Å². The molecule has 0 fully saturated rings. The predicted molar refractivity (Wildman–Crippen MR) is 70.9 cm³/mol. The number of nitrogens with zero attached hydrogens (tertiary/aromatic N) is 2. The number of nitrogens with two attached hydrogens (primary N) is 1. The molecule has 0 bridgehead atoms. The van der Waals surface area contributed by atoms with E-state index in [2.05, 4.69) is 41.9 Å². The molecule has 0 saturated heterocycles. The fourth-order valence-electron chi connectivity index (χ4n) is 2.02. The van der Waals surface area contributed by atoms with E-state index in [-0.39, 0.29) is 6.04 Å². The summed E-state index contributed by atoms with van der Waals surface area (Å²) in [7, 11) is 0. The Kier molecular flexibility index (Phi) is 3.61. The lowest BCUT2D eigenvalue weighted by Crippen LogP contribution is -2.30. The maximum absolute atomic E-state index is 5.69. The molecule has 0 radical (unpaired) electrons. The van der Waals surface area contributed by atoms with Crippen molar-refractivity contribution in [3.63, 3.8) is 0 Å². The van der Waals surface area contributed by atoms with Gasteiger partial charge in [0.1, 0.15) is 0 Å². The summed E-state index contributed by atoms with van der Waals surface area (Å²) in [5, 5.41) is 6.60. The first-order valence-corrected chi connectivity index (χ1v) is 6.59. The Hall–Kier alpha value is -1.17. The first-order valence-electron chi connectivity index (χ1n) is 5.71. The van der Waals surface area contributed by atoms with Crippen molar-refractivity contribution in [1.82, 2.24) is 15.2 Å². The SMILES string of the molecule is CCn1nc(C)cc1C(NN)c1csc(C)c1. The molecule has 0 aliphatic heterocycles. The summed E-state index contributed by atoms with van der Waals surface area (Å²) >= 11 is 1.74. The maximum atomic E-state index is 5.69. The molecule has 5 heteroatoms. The van der Waals surface area contributed by atoms with E-state index in [0.717, 1.165) is 17.9 Å². The summed E-state index contributed by atoms with van der Waals surface area (Å²) in [4.78, 5) is 1.29. The highest BCUT2D eigenvalue weighted by atomic mass is 32.1. The minimum atomic E-state index is 0.0149. The number of hydrogen-bond acceptors (Lipinski definition) is 4. The van der Waals surface area contributed by atoms with E-state index in [0.29, 0.717) is 0 Å². The highest BCUT2D eigenvalue weighted by Gasteiger charge is 2.18. The second-order valence-electron chi connectivity index (χ2n) is 4.12. The Labute approximate surface area is 105 Å². The van der Waals surface area contributed by atoms with Gasteiger partial charge in [0.2, 0.25) is 0 Å². The molecule has 0 aliphatic carbocycles. The lowest BCUT2D eigenvalue weighted by Gasteiger charge is -2.15. The summed E-state index contributed by atoms with van der Waals surface area (Å²) in [5.74, 6) is 5.69. The second-order valence-corrected chi connectivity index (χ2v) is 5.23. The van der Waals surface area contributed by atoms with Gasteiger partial charge >= 0.3 is 0 Å². The number of hydrazine groups is 1. The highest BCUT2D eigenvalue weighted by Crippen LogP contribution is 2.26. The Morgan fingerprint density at radius 1 is 1.47 bits per heavy atom. The molecule has 0 aromatic carbocycles. The Morgan fingerprint density at radius 2 is 2.24 bits per heavy atom. The van der Waals surface area contributed by atoms with Gasteiger partial charge in [-0.25, -0.2) is 5.43 Å². The molecular formula is C12H18N4S. The fraction of sp³-hybridized carbons (Fsp3) is 0.417. The highest BCUT2D eigenvalue weighted by molar-refractivity contribution is 7.10. The summed E-state index contributed by atoms with van der Waals surface area (Å²) in [5.41, 5.74) is 6.22. The van der Waals surface area contributed by atoms with E-state index < -0.39 is 0 Å². The number of aromatic nitrogens is 2. The normalized spacial score (nSPS) is 12.9. The van der Waals surface area contributed by atoms with Crippen LogP contribution in [0.3, 0.4) is 0 Å². The predicted octanol–water partition coefficient (Wildman–Crippen LogP) is 2.13. The van der Waals surface area contributed by atoms with Gasteiger partial charge in [-0.3, -0.25) is 10.5 Å². The van der Waals surface area contributed by atoms with Crippen molar-refractivity contribution < 1.29 is 0 Å². The Morgan fingerprint density at radius 3 is 2.76 bits per heavy atom. The van der Waals surface area contributed by atoms with Crippen molar-refractivity contribution in [2.75, 3.05) is 0 Å². The smallest absolute Gasteiger partial charge is 0.0886 e. The molecule has 0 amide bonds. The van der Waals surface area contributed by atoms with Crippen molar-refractivity contribution >= 4 is 11.3 Å². The topological polar surface area (TPSA) is 55.9 Å². The Bertz CT molecular complexity index is 500. The molecular weight excluding hydrogens is 232 g/mol. The molecule has 92 valence electrons. The molecule has 0 saturated carbocycles. The van der Waals surface area contributed by atoms with Gasteiger partial charge in [0.25, 0.3) is 0 Å². The maximum Gasteiger partial charge on any atom is 0.0886 e. The van der Waals surface area contributed by atoms with Gasteiger partial charge in [0.05, 0.1) is 17.4 Å². The third-order valence-electron chi connectivity index (χ3n) is 2.78. The van der Waals surface area contributed by atoms with Gasteiger partial charge in [0, 0.05) is 11.4 Å². The van der Waals surface area contributed by atoms with Crippen molar-refractivity contribution in [3.8, 4) is 0 Å². The molecule has 3 N–H and O–H groups in total. The summed E-state index contributed by atoms with van der Waals surface area (Å²) < 4.78 is 1.99. The van der Waals surface area contributed by atoms with E-state index in [1.54, 1.807) is 11.3 Å². The average molecular weight is 250 g/mol. The van der Waals surface area contributed by atoms with Crippen molar-refractivity contribution in [2.45, 2.75) is 33.4 Å². The van der Waals surface area contributed by atoms with Gasteiger partial charge in [-0.1, -0.05) is 0 Å². The summed E-state index contributed by atoms with van der Waals surface area (Å²) in [6.07, 6.45) is 0. The third-order valence-corrected chi connectivity index (χ3v) is 3.66. The number of rotatable bonds is 4. The van der Waals surface area contributed by atoms with Crippen LogP contribution in [0.1, 0.15) is 34.8 Å². The standard InChI is InChI=1S/C12H18N4S/c1-4-16-11(5-8(2)15-16)12(14-13)10-6-9(3)17-7-10/h5-7,12,14H,4,13H2,1-3H3. The molecule has 17 heavy (non-hydrogen) atoms. The van der Waals surface area contributed by atoms with Crippen molar-refractivity contribution in [3.05, 3.63) is 39.3 Å². The zero-order valence-corrected chi connectivity index (χ0v) is 11.2. The number of hydrogen-bond donors (Lipinski definition) is 2. The molecule has 0 aliphatic rings. The molecule has 2 aromatic rings. The van der Waals surface area contributed by atoms with Gasteiger partial charge in [-0.2, -0.15) is 5.10 Å². The average Bonchev–Trinajstić information content (AvgIpc) is 2.87. The molecule has 1 unspecified atom stereocenters. The van der Waals surface area contributed by atoms with Crippen LogP contribution in [0.15, 0.2) is 17.5 Å². The van der Waals surface area contributed by atoms with E-state index in [1.165, 1.54) is 10.4 Å². The molecule has 2 heterocycles. The van der Waals surface area contributed by atoms with Gasteiger partial charge in [-0.05, 0) is 43.8 Å². The summed E-state index contributed by atoms with van der Waals surface area (Å²) in [6, 6.07) is 4.26. The summed E-state index contributed by atoms with van der Waals surface area (Å²) in [6.45, 7) is 7.04. The van der Waals surface area contributed by atoms with Crippen molar-refractivity contribution in [2.24, 2.45) is 5.84 Å². The van der Waals surface area contributed by atoms with Crippen LogP contribution in [0.2, 0.25) is 0 Å². The van der Waals surface area contributed by atoms with E-state index >= 15 is 0 Å². The fourth-order valence-corrected chi connectivity index (χ4v) is 2.75. The second kappa shape index (κ2) is 5.00. The third kappa shape index (κ3) is 2.41. The first-order chi connectivity index (χ1) is 8.15. The number of aryl methyl sites for hydroxylation is 3. The van der Waals surface area contributed by atoms with E-state index in [4.69, 9.17) is 5.84 Å². The molecule has 1 atom stereocenters. The first kappa shape index (κ1) is 12.3. The van der Waals surface area contributed by atoms with Crippen LogP contribution in [0.25, 0.3) is 0 Å². The molecule has 2 rings (SSSR count). The van der Waals surface area contributed by atoms with Crippen LogP contribution < -0.4 is 11.3 Å². The number of thiophene rings is 1. The van der Waals surface area contributed by atoms with Gasteiger partial charge in [0.15, 0.2) is 0 Å². The minimum Gasteiger partial charge on any atom is -0.271 e. The van der Waals surface area contributed by atoms with Gasteiger partial charge < -0.3 is 0 Å². The lowest BCUT2D eigenvalue weighted by atomic mass is 10.1. The molecule has 2 aromatic heterocycles. The van der Waals surface area contributed by atoms with Crippen LogP contribution >= 0.6 is 11.3 Å². The zero-order valence-electron chi connectivity index (χ0n) is 10.4. The van der Waals surface area contributed by atoms with Crippen LogP contribution in [0.4, 0.5) is 0 Å². The van der Waals surface area contributed by atoms with Crippen LogP contribution in [0, 0.1) is 13.8 Å². The number of nitrogens with one attached hydrogen (secondary N) is 1. The van der Waals surface area contributed by atoms with Crippen LogP contribution in [0.5, 0.6) is 0 Å².